The summed E-state index contributed by atoms with van der Waals surface area (Å²) in [6.45, 7) is 2.08. The van der Waals surface area contributed by atoms with Crippen molar-refractivity contribution in [2.24, 2.45) is 0 Å². The zero-order chi connectivity index (χ0) is 6.24. The summed E-state index contributed by atoms with van der Waals surface area (Å²) in [5.41, 5.74) is 0. The zero-order valence-corrected chi connectivity index (χ0v) is 5.17. The molecule has 0 saturated carbocycles. The van der Waals surface area contributed by atoms with Crippen molar-refractivity contribution in [3.05, 3.63) is 24.5 Å². The Bertz CT molecular complexity index is 82.4. The summed E-state index contributed by atoms with van der Waals surface area (Å²) in [6.07, 6.45) is 8.77. The lowest BCUT2D eigenvalue weighted by Crippen LogP contribution is -1.57. The molecular formula is C7H12O. The molecule has 0 saturated heterocycles. The molecule has 1 nitrogen and oxygen atoms in total. The highest BCUT2D eigenvalue weighted by molar-refractivity contribution is 4.88. The number of aliphatic hydroxyl groups is 1. The maximum absolute atomic E-state index is 8.15. The van der Waals surface area contributed by atoms with Crippen molar-refractivity contribution in [1.29, 1.82) is 0 Å². The summed E-state index contributed by atoms with van der Waals surface area (Å²) in [6, 6.07) is 0. The van der Waals surface area contributed by atoms with Crippen molar-refractivity contribution in [2.75, 3.05) is 0 Å². The van der Waals surface area contributed by atoms with Gasteiger partial charge in [-0.25, -0.2) is 0 Å². The van der Waals surface area contributed by atoms with Crippen LogP contribution in [0.2, 0.25) is 0 Å². The SMILES string of the molecule is CC/C=C/CC=CO. The Kier molecular flexibility index (Phi) is 5.71. The summed E-state index contributed by atoms with van der Waals surface area (Å²) in [5, 5.41) is 8.15. The van der Waals surface area contributed by atoms with E-state index >= 15 is 0 Å². The van der Waals surface area contributed by atoms with Crippen LogP contribution in [-0.2, 0) is 0 Å². The Labute approximate surface area is 50.3 Å². The second kappa shape index (κ2) is 6.28. The monoisotopic (exact) mass is 112 g/mol. The van der Waals surface area contributed by atoms with E-state index in [-0.39, 0.29) is 0 Å². The van der Waals surface area contributed by atoms with Gasteiger partial charge in [-0.3, -0.25) is 0 Å². The third-order valence-electron chi connectivity index (χ3n) is 0.780. The molecule has 1 N–H and O–H groups in total. The van der Waals surface area contributed by atoms with Gasteiger partial charge in [0.25, 0.3) is 0 Å². The van der Waals surface area contributed by atoms with Gasteiger partial charge in [-0.15, -0.1) is 0 Å². The predicted octanol–water partition coefficient (Wildman–Crippen LogP) is 2.41. The number of allylic oxidation sites excluding steroid dienone is 3. The molecular weight excluding hydrogens is 100 g/mol. The molecule has 8 heavy (non-hydrogen) atoms. The molecule has 46 valence electrons. The summed E-state index contributed by atoms with van der Waals surface area (Å²) in [7, 11) is 0. The van der Waals surface area contributed by atoms with Gasteiger partial charge in [-0.05, 0) is 18.9 Å². The van der Waals surface area contributed by atoms with E-state index in [1.807, 2.05) is 6.08 Å². The van der Waals surface area contributed by atoms with Crippen LogP contribution >= 0.6 is 0 Å². The summed E-state index contributed by atoms with van der Waals surface area (Å²) >= 11 is 0. The van der Waals surface area contributed by atoms with E-state index in [1.54, 1.807) is 6.08 Å². The van der Waals surface area contributed by atoms with Crippen LogP contribution in [0.1, 0.15) is 19.8 Å². The highest BCUT2D eigenvalue weighted by atomic mass is 16.2. The third kappa shape index (κ3) is 5.28. The van der Waals surface area contributed by atoms with Crippen LogP contribution in [0, 0.1) is 0 Å². The van der Waals surface area contributed by atoms with Gasteiger partial charge in [0.15, 0.2) is 0 Å². The van der Waals surface area contributed by atoms with Crippen molar-refractivity contribution in [3.63, 3.8) is 0 Å². The first-order chi connectivity index (χ1) is 3.91. The Hall–Kier alpha value is -0.720. The van der Waals surface area contributed by atoms with E-state index in [2.05, 4.69) is 13.0 Å². The molecule has 0 atom stereocenters. The van der Waals surface area contributed by atoms with Crippen LogP contribution in [0.3, 0.4) is 0 Å². The number of aliphatic hydroxyl groups excluding tert-OH is 1. The average Bonchev–Trinajstić information content (AvgIpc) is 1.81. The second-order valence-corrected chi connectivity index (χ2v) is 1.50. The van der Waals surface area contributed by atoms with E-state index in [0.29, 0.717) is 0 Å². The van der Waals surface area contributed by atoms with Gasteiger partial charge >= 0.3 is 0 Å². The molecule has 0 aliphatic rings. The summed E-state index contributed by atoms with van der Waals surface area (Å²) < 4.78 is 0. The van der Waals surface area contributed by atoms with E-state index < -0.39 is 0 Å². The van der Waals surface area contributed by atoms with Crippen molar-refractivity contribution in [1.82, 2.24) is 0 Å². The number of hydrogen-bond acceptors (Lipinski definition) is 1. The quantitative estimate of drug-likeness (QED) is 0.439. The summed E-state index contributed by atoms with van der Waals surface area (Å²) in [4.78, 5) is 0. The molecule has 0 aromatic heterocycles. The van der Waals surface area contributed by atoms with E-state index in [1.165, 1.54) is 0 Å². The molecule has 0 heterocycles. The first-order valence-corrected chi connectivity index (χ1v) is 2.86. The van der Waals surface area contributed by atoms with E-state index in [4.69, 9.17) is 5.11 Å². The molecule has 0 spiro atoms. The molecule has 0 bridgehead atoms. The molecule has 0 aromatic carbocycles. The van der Waals surface area contributed by atoms with Crippen LogP contribution < -0.4 is 0 Å². The van der Waals surface area contributed by atoms with Gasteiger partial charge in [0, 0.05) is 0 Å². The molecule has 0 aliphatic carbocycles. The third-order valence-corrected chi connectivity index (χ3v) is 0.780. The first kappa shape index (κ1) is 7.28. The van der Waals surface area contributed by atoms with Crippen LogP contribution in [0.15, 0.2) is 24.5 Å². The Balaban J connectivity index is 3.03. The van der Waals surface area contributed by atoms with E-state index in [0.717, 1.165) is 19.1 Å². The Morgan fingerprint density at radius 2 is 2.00 bits per heavy atom. The maximum atomic E-state index is 8.15. The van der Waals surface area contributed by atoms with Gasteiger partial charge in [-0.2, -0.15) is 0 Å². The molecule has 0 radical (unpaired) electrons. The minimum Gasteiger partial charge on any atom is -0.516 e. The molecule has 0 fully saturated rings. The van der Waals surface area contributed by atoms with Gasteiger partial charge < -0.3 is 5.11 Å². The largest absolute Gasteiger partial charge is 0.516 e. The minimum atomic E-state index is 0.838. The minimum absolute atomic E-state index is 0.838. The van der Waals surface area contributed by atoms with Gasteiger partial charge in [0.1, 0.15) is 0 Å². The second-order valence-electron chi connectivity index (χ2n) is 1.50. The van der Waals surface area contributed by atoms with Gasteiger partial charge in [-0.1, -0.05) is 19.1 Å². The highest BCUT2D eigenvalue weighted by Crippen LogP contribution is 1.86. The van der Waals surface area contributed by atoms with Crippen LogP contribution in [0.25, 0.3) is 0 Å². The molecule has 0 aliphatic heterocycles. The lowest BCUT2D eigenvalue weighted by Gasteiger charge is -1.77. The smallest absolute Gasteiger partial charge is 0.0754 e. The van der Waals surface area contributed by atoms with Gasteiger partial charge in [0.05, 0.1) is 6.26 Å². The molecule has 0 unspecified atom stereocenters. The Morgan fingerprint density at radius 1 is 1.25 bits per heavy atom. The average molecular weight is 112 g/mol. The summed E-state index contributed by atoms with van der Waals surface area (Å²) in [5.74, 6) is 0. The maximum Gasteiger partial charge on any atom is 0.0754 e. The Morgan fingerprint density at radius 3 is 2.50 bits per heavy atom. The molecule has 1 heteroatoms. The van der Waals surface area contributed by atoms with Crippen molar-refractivity contribution in [2.45, 2.75) is 19.8 Å². The zero-order valence-electron chi connectivity index (χ0n) is 5.17. The van der Waals surface area contributed by atoms with Gasteiger partial charge in [0.2, 0.25) is 0 Å². The van der Waals surface area contributed by atoms with E-state index in [9.17, 15) is 0 Å². The fourth-order valence-corrected chi connectivity index (χ4v) is 0.402. The molecule has 0 rings (SSSR count). The number of rotatable bonds is 3. The molecule has 0 aromatic rings. The van der Waals surface area contributed by atoms with Crippen LogP contribution in [0.4, 0.5) is 0 Å². The van der Waals surface area contributed by atoms with Crippen molar-refractivity contribution in [3.8, 4) is 0 Å². The van der Waals surface area contributed by atoms with Crippen molar-refractivity contribution < 1.29 is 5.11 Å². The predicted molar refractivity (Wildman–Crippen MR) is 35.8 cm³/mol. The lowest BCUT2D eigenvalue weighted by molar-refractivity contribution is 0.471. The van der Waals surface area contributed by atoms with Crippen LogP contribution in [0.5, 0.6) is 0 Å². The highest BCUT2D eigenvalue weighted by Gasteiger charge is 1.66. The fourth-order valence-electron chi connectivity index (χ4n) is 0.402. The number of hydrogen-bond donors (Lipinski definition) is 1. The normalized spacial score (nSPS) is 11.6. The first-order valence-electron chi connectivity index (χ1n) is 2.86. The van der Waals surface area contributed by atoms with Crippen LogP contribution in [-0.4, -0.2) is 5.11 Å². The van der Waals surface area contributed by atoms with Crippen molar-refractivity contribution >= 4 is 0 Å². The fraction of sp³-hybridized carbons (Fsp3) is 0.429. The lowest BCUT2D eigenvalue weighted by atomic mass is 10.3. The topological polar surface area (TPSA) is 20.2 Å². The standard InChI is InChI=1S/C7H12O/c1-2-3-4-5-6-7-8/h3-4,6-8H,2,5H2,1H3/b4-3+,7-6?. The molecule has 0 amide bonds.